The van der Waals surface area contributed by atoms with Crippen LogP contribution in [0.15, 0.2) is 59.0 Å². The van der Waals surface area contributed by atoms with Crippen LogP contribution in [-0.2, 0) is 6.54 Å². The summed E-state index contributed by atoms with van der Waals surface area (Å²) in [6.45, 7) is 2.75. The van der Waals surface area contributed by atoms with Gasteiger partial charge < -0.3 is 14.1 Å². The summed E-state index contributed by atoms with van der Waals surface area (Å²) in [5.41, 5.74) is 1.43. The van der Waals surface area contributed by atoms with Crippen LogP contribution in [-0.4, -0.2) is 34.7 Å². The average molecular weight is 337 g/mol. The van der Waals surface area contributed by atoms with Crippen molar-refractivity contribution in [3.63, 3.8) is 0 Å². The van der Waals surface area contributed by atoms with E-state index in [1.165, 1.54) is 4.90 Å². The Morgan fingerprint density at radius 1 is 1.08 bits per heavy atom. The Morgan fingerprint density at radius 2 is 1.80 bits per heavy atom. The van der Waals surface area contributed by atoms with E-state index in [2.05, 4.69) is 10.2 Å². The third-order valence-corrected chi connectivity index (χ3v) is 3.62. The summed E-state index contributed by atoms with van der Waals surface area (Å²) in [7, 11) is 1.70. The number of carbonyl (C=O) groups excluding carboxylic acids is 1. The molecule has 1 heterocycles. The van der Waals surface area contributed by atoms with E-state index < -0.39 is 0 Å². The second kappa shape index (κ2) is 7.61. The Hall–Kier alpha value is -3.15. The number of hydrogen-bond donors (Lipinski definition) is 0. The molecule has 0 aliphatic heterocycles. The van der Waals surface area contributed by atoms with Crippen LogP contribution in [0.1, 0.15) is 23.2 Å². The molecular weight excluding hydrogens is 318 g/mol. The second-order valence-electron chi connectivity index (χ2n) is 5.49. The topological polar surface area (TPSA) is 68.5 Å². The quantitative estimate of drug-likeness (QED) is 0.689. The standard InChI is InChI=1S/C19H19N3O3/c1-3-24-16-11-9-15(10-12-16)19(23)22(2)13-17-20-21-18(25-17)14-7-5-4-6-8-14/h4-12H,3,13H2,1-2H3. The van der Waals surface area contributed by atoms with Gasteiger partial charge >= 0.3 is 0 Å². The van der Waals surface area contributed by atoms with E-state index in [0.29, 0.717) is 24.0 Å². The predicted molar refractivity (Wildman–Crippen MR) is 93.1 cm³/mol. The fourth-order valence-corrected chi connectivity index (χ4v) is 2.37. The lowest BCUT2D eigenvalue weighted by molar-refractivity contribution is 0.0773. The number of nitrogens with zero attached hydrogens (tertiary/aromatic N) is 3. The highest BCUT2D eigenvalue weighted by molar-refractivity contribution is 5.94. The van der Waals surface area contributed by atoms with Crippen molar-refractivity contribution in [1.29, 1.82) is 0 Å². The monoisotopic (exact) mass is 337 g/mol. The summed E-state index contributed by atoms with van der Waals surface area (Å²) in [6.07, 6.45) is 0. The zero-order valence-corrected chi connectivity index (χ0v) is 14.2. The molecule has 6 heteroatoms. The van der Waals surface area contributed by atoms with Gasteiger partial charge in [0, 0.05) is 18.2 Å². The lowest BCUT2D eigenvalue weighted by Gasteiger charge is -2.15. The Labute approximate surface area is 146 Å². The highest BCUT2D eigenvalue weighted by atomic mass is 16.5. The number of aromatic nitrogens is 2. The fourth-order valence-electron chi connectivity index (χ4n) is 2.37. The fraction of sp³-hybridized carbons (Fsp3) is 0.211. The van der Waals surface area contributed by atoms with Crippen molar-refractivity contribution in [1.82, 2.24) is 15.1 Å². The van der Waals surface area contributed by atoms with E-state index >= 15 is 0 Å². The van der Waals surface area contributed by atoms with Gasteiger partial charge in [0.2, 0.25) is 11.8 Å². The lowest BCUT2D eigenvalue weighted by Crippen LogP contribution is -2.26. The van der Waals surface area contributed by atoms with Crippen LogP contribution in [0.25, 0.3) is 11.5 Å². The maximum absolute atomic E-state index is 12.5. The van der Waals surface area contributed by atoms with Gasteiger partial charge in [0.15, 0.2) is 0 Å². The van der Waals surface area contributed by atoms with Crippen LogP contribution in [0.4, 0.5) is 0 Å². The molecule has 0 saturated carbocycles. The van der Waals surface area contributed by atoms with Crippen LogP contribution < -0.4 is 4.74 Å². The van der Waals surface area contributed by atoms with E-state index in [4.69, 9.17) is 9.15 Å². The van der Waals surface area contributed by atoms with Gasteiger partial charge in [-0.15, -0.1) is 10.2 Å². The van der Waals surface area contributed by atoms with E-state index in [-0.39, 0.29) is 12.5 Å². The van der Waals surface area contributed by atoms with Gasteiger partial charge in [0.05, 0.1) is 13.2 Å². The number of rotatable bonds is 6. The predicted octanol–water partition coefficient (Wildman–Crippen LogP) is 3.41. The molecule has 1 amide bonds. The summed E-state index contributed by atoms with van der Waals surface area (Å²) >= 11 is 0. The molecule has 0 spiro atoms. The maximum atomic E-state index is 12.5. The van der Waals surface area contributed by atoms with Crippen LogP contribution in [0, 0.1) is 0 Å². The van der Waals surface area contributed by atoms with Crippen molar-refractivity contribution >= 4 is 5.91 Å². The lowest BCUT2D eigenvalue weighted by atomic mass is 10.2. The Kier molecular flexibility index (Phi) is 5.09. The molecule has 3 rings (SSSR count). The molecular formula is C19H19N3O3. The SMILES string of the molecule is CCOc1ccc(C(=O)N(C)Cc2nnc(-c3ccccc3)o2)cc1. The molecule has 0 bridgehead atoms. The minimum absolute atomic E-state index is 0.123. The molecule has 0 aliphatic carbocycles. The molecule has 0 N–H and O–H groups in total. The van der Waals surface area contributed by atoms with Crippen molar-refractivity contribution in [3.05, 3.63) is 66.1 Å². The third kappa shape index (κ3) is 4.03. The molecule has 0 atom stereocenters. The zero-order chi connectivity index (χ0) is 17.6. The van der Waals surface area contributed by atoms with E-state index in [1.54, 1.807) is 31.3 Å². The number of amides is 1. The van der Waals surface area contributed by atoms with Crippen molar-refractivity contribution in [3.8, 4) is 17.2 Å². The number of ether oxygens (including phenoxy) is 1. The molecule has 3 aromatic rings. The van der Waals surface area contributed by atoms with Gasteiger partial charge in [-0.3, -0.25) is 4.79 Å². The summed E-state index contributed by atoms with van der Waals surface area (Å²) in [5.74, 6) is 1.45. The van der Waals surface area contributed by atoms with Crippen LogP contribution in [0.2, 0.25) is 0 Å². The molecule has 25 heavy (non-hydrogen) atoms. The van der Waals surface area contributed by atoms with Crippen molar-refractivity contribution < 1.29 is 13.9 Å². The average Bonchev–Trinajstić information content (AvgIpc) is 3.11. The van der Waals surface area contributed by atoms with Crippen molar-refractivity contribution in [2.24, 2.45) is 0 Å². The van der Waals surface area contributed by atoms with Crippen LogP contribution >= 0.6 is 0 Å². The first-order valence-electron chi connectivity index (χ1n) is 8.03. The van der Waals surface area contributed by atoms with Gasteiger partial charge in [0.1, 0.15) is 5.75 Å². The summed E-state index contributed by atoms with van der Waals surface area (Å²) < 4.78 is 11.0. The van der Waals surface area contributed by atoms with Crippen LogP contribution in [0.3, 0.4) is 0 Å². The molecule has 1 aromatic heterocycles. The van der Waals surface area contributed by atoms with Crippen molar-refractivity contribution in [2.45, 2.75) is 13.5 Å². The molecule has 0 saturated heterocycles. The minimum Gasteiger partial charge on any atom is -0.494 e. The van der Waals surface area contributed by atoms with Crippen LogP contribution in [0.5, 0.6) is 5.75 Å². The van der Waals surface area contributed by atoms with E-state index in [1.807, 2.05) is 37.3 Å². The summed E-state index contributed by atoms with van der Waals surface area (Å²) in [4.78, 5) is 14.0. The van der Waals surface area contributed by atoms with Gasteiger partial charge in [-0.05, 0) is 43.3 Å². The largest absolute Gasteiger partial charge is 0.494 e. The second-order valence-corrected chi connectivity index (χ2v) is 5.49. The first kappa shape index (κ1) is 16.7. The zero-order valence-electron chi connectivity index (χ0n) is 14.2. The molecule has 2 aromatic carbocycles. The van der Waals surface area contributed by atoms with E-state index in [9.17, 15) is 4.79 Å². The first-order valence-corrected chi connectivity index (χ1v) is 8.03. The minimum atomic E-state index is -0.123. The first-order chi connectivity index (χ1) is 12.2. The molecule has 128 valence electrons. The highest BCUT2D eigenvalue weighted by Gasteiger charge is 2.16. The maximum Gasteiger partial charge on any atom is 0.254 e. The molecule has 0 unspecified atom stereocenters. The molecule has 0 fully saturated rings. The number of carbonyl (C=O) groups is 1. The van der Waals surface area contributed by atoms with Gasteiger partial charge in [0.25, 0.3) is 5.91 Å². The molecule has 6 nitrogen and oxygen atoms in total. The van der Waals surface area contributed by atoms with Gasteiger partial charge in [-0.2, -0.15) is 0 Å². The van der Waals surface area contributed by atoms with Gasteiger partial charge in [-0.1, -0.05) is 18.2 Å². The van der Waals surface area contributed by atoms with Crippen molar-refractivity contribution in [2.75, 3.05) is 13.7 Å². The molecule has 0 radical (unpaired) electrons. The van der Waals surface area contributed by atoms with E-state index in [0.717, 1.165) is 11.3 Å². The van der Waals surface area contributed by atoms with Gasteiger partial charge in [-0.25, -0.2) is 0 Å². The number of benzene rings is 2. The number of hydrogen-bond acceptors (Lipinski definition) is 5. The summed E-state index contributed by atoms with van der Waals surface area (Å²) in [6, 6.07) is 16.6. The summed E-state index contributed by atoms with van der Waals surface area (Å²) in [5, 5.41) is 8.05. The smallest absolute Gasteiger partial charge is 0.254 e. The highest BCUT2D eigenvalue weighted by Crippen LogP contribution is 2.18. The Morgan fingerprint density at radius 3 is 2.48 bits per heavy atom. The Balaban J connectivity index is 1.66. The third-order valence-electron chi connectivity index (χ3n) is 3.62. The normalized spacial score (nSPS) is 10.5. The Bertz CT molecular complexity index is 829. The molecule has 0 aliphatic rings.